The molecule has 6 atom stereocenters. The van der Waals surface area contributed by atoms with Gasteiger partial charge in [-0.15, -0.1) is 0 Å². The van der Waals surface area contributed by atoms with Gasteiger partial charge in [-0.25, -0.2) is 22.4 Å². The van der Waals surface area contributed by atoms with Crippen molar-refractivity contribution in [3.8, 4) is 0 Å². The number of hydrogen-bond donors (Lipinski definition) is 1. The number of fused-ring (bicyclic) bond motifs is 1. The largest absolute Gasteiger partial charge is 0.352 e. The standard InChI is InChI=1S/C22H28N3O7PS/c1-2-17-18(13-21(30-17)25-20(26)10-11-23-22(25)27)31-33-24-12-6-9-16(24)19(32-33)14-34(28,29)15-7-4-3-5-8-15/h3-5,7-8,10-11,16-19,21H,2,6,9,12-14H2,1H3,(H,23,27)/t16-,17+,18?,19+,21+,33-/m0/s1. The summed E-state index contributed by atoms with van der Waals surface area (Å²) < 4.78 is 47.8. The van der Waals surface area contributed by atoms with E-state index in [-0.39, 0.29) is 28.9 Å². The molecule has 3 aliphatic rings. The topological polar surface area (TPSA) is 120 Å². The number of aromatic amines is 1. The molecule has 1 unspecified atom stereocenters. The molecule has 3 aliphatic heterocycles. The van der Waals surface area contributed by atoms with Gasteiger partial charge < -0.3 is 18.8 Å². The van der Waals surface area contributed by atoms with Gasteiger partial charge in [0.1, 0.15) is 6.23 Å². The molecule has 10 nitrogen and oxygen atoms in total. The Hall–Kier alpha value is -1.88. The predicted molar refractivity (Wildman–Crippen MR) is 125 cm³/mol. The highest BCUT2D eigenvalue weighted by Gasteiger charge is 2.50. The lowest BCUT2D eigenvalue weighted by Crippen LogP contribution is -2.37. The Balaban J connectivity index is 1.31. The van der Waals surface area contributed by atoms with Gasteiger partial charge in [-0.2, -0.15) is 0 Å². The molecule has 1 aromatic carbocycles. The highest BCUT2D eigenvalue weighted by atomic mass is 32.2. The van der Waals surface area contributed by atoms with E-state index in [1.165, 1.54) is 12.3 Å². The van der Waals surface area contributed by atoms with Crippen LogP contribution in [0.15, 0.2) is 57.1 Å². The summed E-state index contributed by atoms with van der Waals surface area (Å²) in [6, 6.07) is 9.69. The van der Waals surface area contributed by atoms with Crippen molar-refractivity contribution in [3.05, 3.63) is 63.4 Å². The number of ether oxygens (including phenoxy) is 1. The summed E-state index contributed by atoms with van der Waals surface area (Å²) in [5.41, 5.74) is -0.959. The molecule has 4 heterocycles. The second-order valence-electron chi connectivity index (χ2n) is 8.76. The fourth-order valence-corrected chi connectivity index (χ4v) is 8.52. The van der Waals surface area contributed by atoms with Gasteiger partial charge in [-0.05, 0) is 31.4 Å². The number of rotatable bonds is 7. The first-order valence-electron chi connectivity index (χ1n) is 11.5. The first kappa shape index (κ1) is 23.8. The van der Waals surface area contributed by atoms with Crippen molar-refractivity contribution < 1.29 is 22.2 Å². The predicted octanol–water partition coefficient (Wildman–Crippen LogP) is 2.18. The second kappa shape index (κ2) is 9.64. The minimum absolute atomic E-state index is 0.0117. The van der Waals surface area contributed by atoms with E-state index in [9.17, 15) is 18.0 Å². The Morgan fingerprint density at radius 1 is 1.18 bits per heavy atom. The van der Waals surface area contributed by atoms with Gasteiger partial charge in [0.25, 0.3) is 14.1 Å². The molecule has 12 heteroatoms. The van der Waals surface area contributed by atoms with E-state index in [0.29, 0.717) is 12.8 Å². The molecule has 184 valence electrons. The minimum Gasteiger partial charge on any atom is -0.352 e. The third-order valence-electron chi connectivity index (χ3n) is 6.61. The van der Waals surface area contributed by atoms with E-state index >= 15 is 0 Å². The lowest BCUT2D eigenvalue weighted by Gasteiger charge is -2.25. The Morgan fingerprint density at radius 3 is 2.71 bits per heavy atom. The molecule has 3 fully saturated rings. The molecule has 34 heavy (non-hydrogen) atoms. The maximum absolute atomic E-state index is 13.0. The lowest BCUT2D eigenvalue weighted by molar-refractivity contribution is -0.0201. The van der Waals surface area contributed by atoms with Crippen LogP contribution < -0.4 is 11.2 Å². The highest BCUT2D eigenvalue weighted by molar-refractivity contribution is 7.91. The first-order chi connectivity index (χ1) is 16.4. The maximum atomic E-state index is 13.0. The Kier molecular flexibility index (Phi) is 6.76. The third kappa shape index (κ3) is 4.53. The van der Waals surface area contributed by atoms with Gasteiger partial charge >= 0.3 is 5.69 Å². The maximum Gasteiger partial charge on any atom is 0.330 e. The molecule has 1 aromatic heterocycles. The van der Waals surface area contributed by atoms with Crippen molar-refractivity contribution in [1.82, 2.24) is 14.2 Å². The molecule has 2 aromatic rings. The van der Waals surface area contributed by atoms with E-state index in [1.807, 2.05) is 6.92 Å². The number of nitrogens with zero attached hydrogens (tertiary/aromatic N) is 2. The van der Waals surface area contributed by atoms with Crippen LogP contribution in [0.25, 0.3) is 0 Å². The summed E-state index contributed by atoms with van der Waals surface area (Å²) in [6.07, 6.45) is 2.20. The number of nitrogens with one attached hydrogen (secondary N) is 1. The molecule has 3 saturated heterocycles. The second-order valence-corrected chi connectivity index (χ2v) is 12.2. The number of aromatic nitrogens is 2. The smallest absolute Gasteiger partial charge is 0.330 e. The van der Waals surface area contributed by atoms with Crippen molar-refractivity contribution in [1.29, 1.82) is 0 Å². The molecule has 0 radical (unpaired) electrons. The monoisotopic (exact) mass is 509 g/mol. The van der Waals surface area contributed by atoms with Gasteiger partial charge in [0, 0.05) is 31.3 Å². The van der Waals surface area contributed by atoms with E-state index in [4.69, 9.17) is 13.8 Å². The molecule has 5 rings (SSSR count). The van der Waals surface area contributed by atoms with Crippen molar-refractivity contribution in [3.63, 3.8) is 0 Å². The van der Waals surface area contributed by atoms with Gasteiger partial charge in [0.2, 0.25) is 0 Å². The highest BCUT2D eigenvalue weighted by Crippen LogP contribution is 2.58. The van der Waals surface area contributed by atoms with Crippen molar-refractivity contribution in [2.45, 2.75) is 68.1 Å². The SMILES string of the molecule is CC[C@H]1O[C@@H](n2c(=O)cc[nH]c2=O)CC1O[P@@]1O[C@H](CS(=O)(=O)c2ccccc2)[C@@H]2CCCN21. The van der Waals surface area contributed by atoms with E-state index in [2.05, 4.69) is 9.65 Å². The molecule has 0 saturated carbocycles. The minimum atomic E-state index is -3.50. The molecule has 1 N–H and O–H groups in total. The zero-order valence-corrected chi connectivity index (χ0v) is 20.5. The van der Waals surface area contributed by atoms with Gasteiger partial charge in [-0.3, -0.25) is 4.79 Å². The molecule has 0 spiro atoms. The average Bonchev–Trinajstić information content (AvgIpc) is 3.52. The van der Waals surface area contributed by atoms with Crippen LogP contribution in [0.4, 0.5) is 0 Å². The Bertz CT molecular complexity index is 1210. The van der Waals surface area contributed by atoms with Gasteiger partial charge in [0.15, 0.2) is 9.84 Å². The summed E-state index contributed by atoms with van der Waals surface area (Å²) in [7, 11) is -4.98. The van der Waals surface area contributed by atoms with Crippen molar-refractivity contribution >= 4 is 18.4 Å². The quantitative estimate of drug-likeness (QED) is 0.564. The van der Waals surface area contributed by atoms with Crippen LogP contribution in [0.2, 0.25) is 0 Å². The van der Waals surface area contributed by atoms with Gasteiger partial charge in [0.05, 0.1) is 29.0 Å². The van der Waals surface area contributed by atoms with Crippen molar-refractivity contribution in [2.24, 2.45) is 0 Å². The van der Waals surface area contributed by atoms with Crippen molar-refractivity contribution in [2.75, 3.05) is 12.3 Å². The molecule has 0 bridgehead atoms. The first-order valence-corrected chi connectivity index (χ1v) is 14.3. The van der Waals surface area contributed by atoms with Crippen LogP contribution in [0.3, 0.4) is 0 Å². The number of H-pyrrole nitrogens is 1. The van der Waals surface area contributed by atoms with E-state index < -0.39 is 41.9 Å². The van der Waals surface area contributed by atoms with Crippen LogP contribution in [-0.2, 0) is 23.6 Å². The fraction of sp³-hybridized carbons (Fsp3) is 0.545. The molecular formula is C22H28N3O7PS. The van der Waals surface area contributed by atoms with Gasteiger partial charge in [-0.1, -0.05) is 25.1 Å². The summed E-state index contributed by atoms with van der Waals surface area (Å²) in [6.45, 7) is 2.74. The zero-order valence-electron chi connectivity index (χ0n) is 18.8. The zero-order chi connectivity index (χ0) is 23.9. The Morgan fingerprint density at radius 2 is 1.97 bits per heavy atom. The third-order valence-corrected chi connectivity index (χ3v) is 10.2. The number of benzene rings is 1. The summed E-state index contributed by atoms with van der Waals surface area (Å²) in [4.78, 5) is 27.3. The van der Waals surface area contributed by atoms with Crippen LogP contribution in [0.1, 0.15) is 38.8 Å². The number of sulfone groups is 1. The molecular weight excluding hydrogens is 481 g/mol. The van der Waals surface area contributed by atoms with Crippen LogP contribution >= 0.6 is 8.53 Å². The lowest BCUT2D eigenvalue weighted by atomic mass is 10.1. The number of hydrogen-bond acceptors (Lipinski definition) is 8. The fourth-order valence-electron chi connectivity index (χ4n) is 4.93. The average molecular weight is 510 g/mol. The summed E-state index contributed by atoms with van der Waals surface area (Å²) >= 11 is 0. The Labute approximate surface area is 198 Å². The van der Waals surface area contributed by atoms with Crippen LogP contribution in [0, 0.1) is 0 Å². The molecule has 0 amide bonds. The van der Waals surface area contributed by atoms with E-state index in [1.54, 1.807) is 30.3 Å². The van der Waals surface area contributed by atoms with Crippen LogP contribution in [0.5, 0.6) is 0 Å². The summed E-state index contributed by atoms with van der Waals surface area (Å²) in [5, 5.41) is 0. The normalized spacial score (nSPS) is 31.7. The summed E-state index contributed by atoms with van der Waals surface area (Å²) in [5.74, 6) is -0.101. The molecule has 0 aliphatic carbocycles. The van der Waals surface area contributed by atoms with E-state index in [0.717, 1.165) is 24.0 Å². The van der Waals surface area contributed by atoms with Crippen LogP contribution in [-0.4, -0.2) is 59.3 Å².